The molecule has 0 aromatic carbocycles. The third-order valence-corrected chi connectivity index (χ3v) is 4.24. The zero-order valence-corrected chi connectivity index (χ0v) is 11.3. The molecule has 0 atom stereocenters. The molecule has 0 fully saturated rings. The number of carboxylic acid groups (broad SMARTS) is 1. The van der Waals surface area contributed by atoms with Crippen molar-refractivity contribution in [2.24, 2.45) is 0 Å². The summed E-state index contributed by atoms with van der Waals surface area (Å²) in [4.78, 5) is 23.6. The number of nitrogens with zero attached hydrogens (tertiary/aromatic N) is 1. The van der Waals surface area contributed by atoms with Crippen molar-refractivity contribution in [3.63, 3.8) is 0 Å². The van der Waals surface area contributed by atoms with Crippen LogP contribution in [-0.4, -0.2) is 21.4 Å². The number of hydrogen-bond acceptors (Lipinski definition) is 5. The molecule has 0 radical (unpaired) electrons. The predicted octanol–water partition coefficient (Wildman–Crippen LogP) is 2.77. The van der Waals surface area contributed by atoms with Crippen LogP contribution in [0.5, 0.6) is 0 Å². The second kappa shape index (κ2) is 4.87. The molecule has 7 heteroatoms. The molecule has 2 aromatic rings. The van der Waals surface area contributed by atoms with Crippen LogP contribution in [-0.2, 0) is 0 Å². The van der Waals surface area contributed by atoms with E-state index in [4.69, 9.17) is 5.11 Å². The van der Waals surface area contributed by atoms with Gasteiger partial charge in [0.15, 0.2) is 0 Å². The van der Waals surface area contributed by atoms with E-state index in [1.54, 1.807) is 6.92 Å². The average molecular weight is 282 g/mol. The molecule has 2 N–H and O–H groups in total. The number of amides is 1. The lowest BCUT2D eigenvalue weighted by Gasteiger charge is -2.02. The van der Waals surface area contributed by atoms with Crippen LogP contribution in [0.3, 0.4) is 0 Å². The van der Waals surface area contributed by atoms with Crippen molar-refractivity contribution >= 4 is 39.7 Å². The number of anilines is 1. The number of aromatic nitrogens is 1. The fraction of sp³-hybridized carbons (Fsp3) is 0.182. The maximum atomic E-state index is 12.0. The second-order valence-corrected chi connectivity index (χ2v) is 5.35. The molecular formula is C11H10N2O3S2. The van der Waals surface area contributed by atoms with Crippen LogP contribution in [0.25, 0.3) is 0 Å². The normalized spacial score (nSPS) is 10.3. The maximum Gasteiger partial charge on any atom is 0.340 e. The van der Waals surface area contributed by atoms with E-state index in [9.17, 15) is 9.59 Å². The fourth-order valence-electron chi connectivity index (χ4n) is 1.47. The van der Waals surface area contributed by atoms with Crippen molar-refractivity contribution in [3.8, 4) is 0 Å². The lowest BCUT2D eigenvalue weighted by molar-refractivity contribution is 0.0697. The zero-order chi connectivity index (χ0) is 13.3. The Morgan fingerprint density at radius 1 is 1.39 bits per heavy atom. The smallest absolute Gasteiger partial charge is 0.340 e. The van der Waals surface area contributed by atoms with E-state index in [1.165, 1.54) is 11.3 Å². The lowest BCUT2D eigenvalue weighted by Crippen LogP contribution is -2.13. The molecule has 2 rings (SSSR count). The van der Waals surface area contributed by atoms with Crippen LogP contribution in [0.2, 0.25) is 0 Å². The quantitative estimate of drug-likeness (QED) is 0.907. The van der Waals surface area contributed by atoms with E-state index in [0.29, 0.717) is 10.6 Å². The Labute approximate surface area is 111 Å². The number of aryl methyl sites for hydroxylation is 2. The van der Waals surface area contributed by atoms with Crippen LogP contribution >= 0.6 is 22.9 Å². The Bertz CT molecular complexity index is 616. The summed E-state index contributed by atoms with van der Waals surface area (Å²) in [6, 6.07) is 1.84. The highest BCUT2D eigenvalue weighted by Crippen LogP contribution is 2.26. The highest BCUT2D eigenvalue weighted by molar-refractivity contribution is 7.13. The molecule has 0 unspecified atom stereocenters. The molecule has 2 aromatic heterocycles. The number of thiophene rings is 1. The van der Waals surface area contributed by atoms with Crippen molar-refractivity contribution in [1.29, 1.82) is 0 Å². The van der Waals surface area contributed by atoms with Gasteiger partial charge in [-0.05, 0) is 42.4 Å². The largest absolute Gasteiger partial charge is 0.478 e. The van der Waals surface area contributed by atoms with Crippen molar-refractivity contribution in [3.05, 3.63) is 33.1 Å². The summed E-state index contributed by atoms with van der Waals surface area (Å²) in [6.07, 6.45) is 0. The van der Waals surface area contributed by atoms with Gasteiger partial charge in [-0.2, -0.15) is 4.37 Å². The molecule has 0 aliphatic rings. The summed E-state index contributed by atoms with van der Waals surface area (Å²) in [6.45, 7) is 3.44. The Kier molecular flexibility index (Phi) is 3.44. The van der Waals surface area contributed by atoms with E-state index in [-0.39, 0.29) is 16.5 Å². The van der Waals surface area contributed by atoms with Gasteiger partial charge >= 0.3 is 5.97 Å². The summed E-state index contributed by atoms with van der Waals surface area (Å²) in [5.74, 6) is -1.38. The van der Waals surface area contributed by atoms with Crippen molar-refractivity contribution in [2.45, 2.75) is 13.8 Å². The molecule has 0 bridgehead atoms. The Morgan fingerprint density at radius 3 is 2.67 bits per heavy atom. The SMILES string of the molecule is Cc1ccsc1C(=O)Nc1snc(C)c1C(=O)O. The van der Waals surface area contributed by atoms with Gasteiger partial charge < -0.3 is 10.4 Å². The van der Waals surface area contributed by atoms with E-state index in [2.05, 4.69) is 9.69 Å². The minimum absolute atomic E-state index is 0.0579. The summed E-state index contributed by atoms with van der Waals surface area (Å²) >= 11 is 2.30. The molecule has 0 saturated heterocycles. The van der Waals surface area contributed by atoms with Crippen LogP contribution in [0.4, 0.5) is 5.00 Å². The van der Waals surface area contributed by atoms with Crippen LogP contribution in [0.1, 0.15) is 31.3 Å². The van der Waals surface area contributed by atoms with E-state index >= 15 is 0 Å². The van der Waals surface area contributed by atoms with Gasteiger partial charge in [0, 0.05) is 0 Å². The Morgan fingerprint density at radius 2 is 2.11 bits per heavy atom. The standard InChI is InChI=1S/C11H10N2O3S2/c1-5-3-4-17-8(5)9(14)12-10-7(11(15)16)6(2)13-18-10/h3-4H,1-2H3,(H,12,14)(H,15,16). The van der Waals surface area contributed by atoms with Crippen LogP contribution in [0.15, 0.2) is 11.4 Å². The van der Waals surface area contributed by atoms with Crippen molar-refractivity contribution in [2.75, 3.05) is 5.32 Å². The number of nitrogens with one attached hydrogen (secondary N) is 1. The van der Waals surface area contributed by atoms with Gasteiger partial charge in [0.2, 0.25) is 0 Å². The third kappa shape index (κ3) is 2.27. The predicted molar refractivity (Wildman–Crippen MR) is 70.8 cm³/mol. The minimum atomic E-state index is -1.08. The first-order valence-electron chi connectivity index (χ1n) is 5.05. The van der Waals surface area contributed by atoms with Gasteiger partial charge in [-0.1, -0.05) is 0 Å². The highest BCUT2D eigenvalue weighted by Gasteiger charge is 2.20. The third-order valence-electron chi connectivity index (χ3n) is 2.37. The van der Waals surface area contributed by atoms with Crippen molar-refractivity contribution in [1.82, 2.24) is 4.37 Å². The summed E-state index contributed by atoms with van der Waals surface area (Å²) in [5.41, 5.74) is 1.34. The molecular weight excluding hydrogens is 272 g/mol. The lowest BCUT2D eigenvalue weighted by atomic mass is 10.2. The zero-order valence-electron chi connectivity index (χ0n) is 9.68. The molecule has 18 heavy (non-hydrogen) atoms. The van der Waals surface area contributed by atoms with Crippen molar-refractivity contribution < 1.29 is 14.7 Å². The minimum Gasteiger partial charge on any atom is -0.478 e. The fourth-order valence-corrected chi connectivity index (χ4v) is 3.08. The molecule has 2 heterocycles. The molecule has 1 amide bonds. The van der Waals surface area contributed by atoms with Gasteiger partial charge in [-0.25, -0.2) is 4.79 Å². The molecule has 0 aliphatic carbocycles. The topological polar surface area (TPSA) is 79.3 Å². The van der Waals surface area contributed by atoms with Gasteiger partial charge in [-0.15, -0.1) is 11.3 Å². The van der Waals surface area contributed by atoms with E-state index in [1.807, 2.05) is 18.4 Å². The summed E-state index contributed by atoms with van der Waals surface area (Å²) in [5, 5.41) is 13.7. The van der Waals surface area contributed by atoms with E-state index < -0.39 is 5.97 Å². The Hall–Kier alpha value is -1.73. The molecule has 0 spiro atoms. The van der Waals surface area contributed by atoms with E-state index in [0.717, 1.165) is 17.1 Å². The molecule has 5 nitrogen and oxygen atoms in total. The van der Waals surface area contributed by atoms with Gasteiger partial charge in [0.25, 0.3) is 5.91 Å². The first kappa shape index (κ1) is 12.7. The average Bonchev–Trinajstić information content (AvgIpc) is 2.85. The number of aromatic carboxylic acids is 1. The second-order valence-electron chi connectivity index (χ2n) is 3.66. The maximum absolute atomic E-state index is 12.0. The number of carbonyl (C=O) groups excluding carboxylic acids is 1. The monoisotopic (exact) mass is 282 g/mol. The number of hydrogen-bond donors (Lipinski definition) is 2. The first-order valence-corrected chi connectivity index (χ1v) is 6.71. The Balaban J connectivity index is 2.28. The first-order chi connectivity index (χ1) is 8.50. The van der Waals surface area contributed by atoms with Crippen LogP contribution in [0, 0.1) is 13.8 Å². The van der Waals surface area contributed by atoms with Gasteiger partial charge in [0.05, 0.1) is 10.6 Å². The van der Waals surface area contributed by atoms with Crippen LogP contribution < -0.4 is 5.32 Å². The number of carbonyl (C=O) groups is 2. The number of rotatable bonds is 3. The highest BCUT2D eigenvalue weighted by atomic mass is 32.1. The molecule has 0 saturated carbocycles. The number of carboxylic acids is 1. The molecule has 94 valence electrons. The summed E-state index contributed by atoms with van der Waals surface area (Å²) in [7, 11) is 0. The van der Waals surface area contributed by atoms with Gasteiger partial charge in [0.1, 0.15) is 10.6 Å². The summed E-state index contributed by atoms with van der Waals surface area (Å²) < 4.78 is 3.94. The molecule has 0 aliphatic heterocycles. The van der Waals surface area contributed by atoms with Gasteiger partial charge in [-0.3, -0.25) is 4.79 Å².